The molecule has 0 bridgehead atoms. The van der Waals surface area contributed by atoms with Gasteiger partial charge in [-0.2, -0.15) is 5.26 Å². The minimum absolute atomic E-state index is 0.0687. The van der Waals surface area contributed by atoms with E-state index < -0.39 is 5.91 Å². The maximum atomic E-state index is 12.2. The van der Waals surface area contributed by atoms with Crippen LogP contribution in [-0.4, -0.2) is 20.1 Å². The molecule has 0 atom stereocenters. The monoisotopic (exact) mass is 401 g/mol. The highest BCUT2D eigenvalue weighted by molar-refractivity contribution is 9.10. The number of carbonyl (C=O) groups is 1. The number of nitriles is 1. The van der Waals surface area contributed by atoms with Gasteiger partial charge >= 0.3 is 0 Å². The molecule has 6 nitrogen and oxygen atoms in total. The summed E-state index contributed by atoms with van der Waals surface area (Å²) in [5.41, 5.74) is 1.13. The van der Waals surface area contributed by atoms with Crippen molar-refractivity contribution in [2.75, 3.05) is 24.9 Å². The van der Waals surface area contributed by atoms with Crippen molar-refractivity contribution in [3.63, 3.8) is 0 Å². The van der Waals surface area contributed by atoms with Crippen molar-refractivity contribution in [3.05, 3.63) is 58.7 Å². The van der Waals surface area contributed by atoms with Gasteiger partial charge in [0.15, 0.2) is 0 Å². The van der Waals surface area contributed by atoms with Crippen molar-refractivity contribution >= 4 is 33.2 Å². The van der Waals surface area contributed by atoms with Crippen molar-refractivity contribution in [2.45, 2.75) is 0 Å². The Balaban J connectivity index is 2.13. The molecule has 0 aliphatic rings. The summed E-state index contributed by atoms with van der Waals surface area (Å²) in [6.07, 6.45) is 1.33. The van der Waals surface area contributed by atoms with E-state index in [0.29, 0.717) is 22.9 Å². The Bertz CT molecular complexity index is 826. The molecule has 2 aromatic rings. The molecule has 7 heteroatoms. The Morgan fingerprint density at radius 1 is 1.16 bits per heavy atom. The molecule has 0 fully saturated rings. The number of benzene rings is 2. The molecule has 1 amide bonds. The maximum absolute atomic E-state index is 12.2. The molecule has 0 radical (unpaired) electrons. The summed E-state index contributed by atoms with van der Waals surface area (Å²) in [6, 6.07) is 14.1. The topological polar surface area (TPSA) is 83.4 Å². The number of amides is 1. The van der Waals surface area contributed by atoms with Crippen LogP contribution in [0.1, 0.15) is 0 Å². The molecule has 2 rings (SSSR count). The van der Waals surface area contributed by atoms with Gasteiger partial charge in [-0.1, -0.05) is 15.9 Å². The maximum Gasteiger partial charge on any atom is 0.267 e. The third-order valence-electron chi connectivity index (χ3n) is 3.25. The zero-order valence-corrected chi connectivity index (χ0v) is 15.3. The number of carbonyl (C=O) groups excluding carboxylic acids is 1. The van der Waals surface area contributed by atoms with E-state index in [1.165, 1.54) is 13.3 Å². The van der Waals surface area contributed by atoms with Crippen LogP contribution < -0.4 is 20.1 Å². The number of nitrogens with zero attached hydrogens (tertiary/aromatic N) is 1. The van der Waals surface area contributed by atoms with Gasteiger partial charge in [0.2, 0.25) is 0 Å². The molecule has 25 heavy (non-hydrogen) atoms. The van der Waals surface area contributed by atoms with Gasteiger partial charge in [0.25, 0.3) is 5.91 Å². The molecule has 0 aliphatic carbocycles. The van der Waals surface area contributed by atoms with Gasteiger partial charge < -0.3 is 20.1 Å². The fraction of sp³-hybridized carbons (Fsp3) is 0.111. The standard InChI is InChI=1S/C18H16BrN3O3/c1-24-15-7-8-16(17(9-15)25-2)21-11-12(10-20)18(23)22-14-5-3-13(19)4-6-14/h3-9,11,21H,1-2H3,(H,22,23)/b12-11-. The fourth-order valence-electron chi connectivity index (χ4n) is 1.95. The van der Waals surface area contributed by atoms with E-state index in [2.05, 4.69) is 26.6 Å². The third-order valence-corrected chi connectivity index (χ3v) is 3.78. The van der Waals surface area contributed by atoms with E-state index in [-0.39, 0.29) is 5.57 Å². The van der Waals surface area contributed by atoms with Gasteiger partial charge in [-0.05, 0) is 36.4 Å². The SMILES string of the molecule is COc1ccc(N/C=C(/C#N)C(=O)Nc2ccc(Br)cc2)c(OC)c1. The molecule has 0 heterocycles. The molecule has 0 unspecified atom stereocenters. The van der Waals surface area contributed by atoms with Crippen LogP contribution in [-0.2, 0) is 4.79 Å². The summed E-state index contributed by atoms with van der Waals surface area (Å²) in [7, 11) is 3.08. The number of hydrogen-bond acceptors (Lipinski definition) is 5. The Kier molecular flexibility index (Phi) is 6.43. The second-order valence-corrected chi connectivity index (χ2v) is 5.76. The first kappa shape index (κ1) is 18.4. The van der Waals surface area contributed by atoms with Crippen LogP contribution in [0.4, 0.5) is 11.4 Å². The van der Waals surface area contributed by atoms with Crippen molar-refractivity contribution in [1.82, 2.24) is 0 Å². The number of anilines is 2. The zero-order valence-electron chi connectivity index (χ0n) is 13.7. The van der Waals surface area contributed by atoms with Gasteiger partial charge in [0.05, 0.1) is 19.9 Å². The second-order valence-electron chi connectivity index (χ2n) is 4.84. The Morgan fingerprint density at radius 2 is 1.88 bits per heavy atom. The Morgan fingerprint density at radius 3 is 2.48 bits per heavy atom. The van der Waals surface area contributed by atoms with Crippen molar-refractivity contribution in [2.24, 2.45) is 0 Å². The predicted molar refractivity (Wildman–Crippen MR) is 99.6 cm³/mol. The van der Waals surface area contributed by atoms with Gasteiger partial charge in [-0.25, -0.2) is 0 Å². The highest BCUT2D eigenvalue weighted by atomic mass is 79.9. The van der Waals surface area contributed by atoms with Crippen LogP contribution in [0, 0.1) is 11.3 Å². The lowest BCUT2D eigenvalue weighted by atomic mass is 10.2. The number of rotatable bonds is 6. The second kappa shape index (κ2) is 8.76. The van der Waals surface area contributed by atoms with Crippen LogP contribution in [0.3, 0.4) is 0 Å². The number of ether oxygens (including phenoxy) is 2. The van der Waals surface area contributed by atoms with Gasteiger partial charge in [-0.3, -0.25) is 4.79 Å². The van der Waals surface area contributed by atoms with Crippen LogP contribution in [0.25, 0.3) is 0 Å². The highest BCUT2D eigenvalue weighted by Crippen LogP contribution is 2.29. The van der Waals surface area contributed by atoms with E-state index in [9.17, 15) is 10.1 Å². The molecule has 2 aromatic carbocycles. The summed E-state index contributed by atoms with van der Waals surface area (Å²) >= 11 is 3.32. The van der Waals surface area contributed by atoms with Crippen LogP contribution >= 0.6 is 15.9 Å². The van der Waals surface area contributed by atoms with E-state index in [4.69, 9.17) is 9.47 Å². The lowest BCUT2D eigenvalue weighted by molar-refractivity contribution is -0.112. The largest absolute Gasteiger partial charge is 0.497 e. The summed E-state index contributed by atoms with van der Waals surface area (Å²) in [5, 5.41) is 14.8. The lowest BCUT2D eigenvalue weighted by Crippen LogP contribution is -2.14. The predicted octanol–water partition coefficient (Wildman–Crippen LogP) is 3.92. The smallest absolute Gasteiger partial charge is 0.267 e. The number of nitrogens with one attached hydrogen (secondary N) is 2. The van der Waals surface area contributed by atoms with E-state index >= 15 is 0 Å². The zero-order chi connectivity index (χ0) is 18.2. The van der Waals surface area contributed by atoms with Crippen LogP contribution in [0.5, 0.6) is 11.5 Å². The van der Waals surface area contributed by atoms with Crippen molar-refractivity contribution in [3.8, 4) is 17.6 Å². The molecular weight excluding hydrogens is 386 g/mol. The van der Waals surface area contributed by atoms with Crippen molar-refractivity contribution < 1.29 is 14.3 Å². The third kappa shape index (κ3) is 4.99. The first-order chi connectivity index (χ1) is 12.1. The summed E-state index contributed by atoms with van der Waals surface area (Å²) in [4.78, 5) is 12.2. The van der Waals surface area contributed by atoms with Crippen molar-refractivity contribution in [1.29, 1.82) is 5.26 Å². The molecule has 0 aromatic heterocycles. The molecular formula is C18H16BrN3O3. The van der Waals surface area contributed by atoms with E-state index in [1.54, 1.807) is 49.6 Å². The number of hydrogen-bond donors (Lipinski definition) is 2. The van der Waals surface area contributed by atoms with Crippen LogP contribution in [0.2, 0.25) is 0 Å². The lowest BCUT2D eigenvalue weighted by Gasteiger charge is -2.10. The quantitative estimate of drug-likeness (QED) is 0.565. The first-order valence-corrected chi connectivity index (χ1v) is 8.02. The normalized spacial score (nSPS) is 10.6. The summed E-state index contributed by atoms with van der Waals surface area (Å²) in [6.45, 7) is 0. The molecule has 2 N–H and O–H groups in total. The number of methoxy groups -OCH3 is 2. The number of halogens is 1. The Hall–Kier alpha value is -2.98. The minimum Gasteiger partial charge on any atom is -0.497 e. The van der Waals surface area contributed by atoms with Gasteiger partial charge in [-0.15, -0.1) is 0 Å². The average Bonchev–Trinajstić information content (AvgIpc) is 2.64. The Labute approximate surface area is 154 Å². The molecule has 0 spiro atoms. The molecule has 128 valence electrons. The highest BCUT2D eigenvalue weighted by Gasteiger charge is 2.10. The summed E-state index contributed by atoms with van der Waals surface area (Å²) < 4.78 is 11.3. The fourth-order valence-corrected chi connectivity index (χ4v) is 2.21. The van der Waals surface area contributed by atoms with Crippen LogP contribution in [0.15, 0.2) is 58.7 Å². The van der Waals surface area contributed by atoms with E-state index in [1.807, 2.05) is 6.07 Å². The molecule has 0 saturated heterocycles. The average molecular weight is 402 g/mol. The summed E-state index contributed by atoms with van der Waals surface area (Å²) in [5.74, 6) is 0.658. The molecule has 0 saturated carbocycles. The van der Waals surface area contributed by atoms with E-state index in [0.717, 1.165) is 4.47 Å². The minimum atomic E-state index is -0.509. The molecule has 0 aliphatic heterocycles. The van der Waals surface area contributed by atoms with Gasteiger partial charge in [0, 0.05) is 22.4 Å². The first-order valence-electron chi connectivity index (χ1n) is 7.23. The van der Waals surface area contributed by atoms with Gasteiger partial charge in [0.1, 0.15) is 23.1 Å².